The molecule has 0 atom stereocenters. The number of amides is 1. The highest BCUT2D eigenvalue weighted by Gasteiger charge is 2.26. The fourth-order valence-corrected chi connectivity index (χ4v) is 5.45. The minimum absolute atomic E-state index is 0.159. The molecule has 2 aromatic carbocycles. The summed E-state index contributed by atoms with van der Waals surface area (Å²) in [6.45, 7) is 4.21. The van der Waals surface area contributed by atoms with Gasteiger partial charge in [0.1, 0.15) is 11.5 Å². The molecule has 1 aromatic heterocycles. The van der Waals surface area contributed by atoms with Gasteiger partial charge in [0.2, 0.25) is 0 Å². The summed E-state index contributed by atoms with van der Waals surface area (Å²) in [5.74, 6) is -0.103. The number of hydrogen-bond acceptors (Lipinski definition) is 5. The lowest BCUT2D eigenvalue weighted by Crippen LogP contribution is -2.48. The first-order chi connectivity index (χ1) is 14.8. The molecule has 1 aliphatic heterocycles. The number of benzene rings is 2. The van der Waals surface area contributed by atoms with Gasteiger partial charge in [0, 0.05) is 36.9 Å². The summed E-state index contributed by atoms with van der Waals surface area (Å²) in [7, 11) is -3.56. The van der Waals surface area contributed by atoms with Crippen molar-refractivity contribution in [3.8, 4) is 0 Å². The van der Waals surface area contributed by atoms with Crippen LogP contribution < -0.4 is 4.90 Å². The Morgan fingerprint density at radius 1 is 1.00 bits per heavy atom. The van der Waals surface area contributed by atoms with Crippen LogP contribution in [0.3, 0.4) is 0 Å². The largest absolute Gasteiger partial charge is 0.455 e. The molecule has 1 amide bonds. The Hall–Kier alpha value is -2.77. The van der Waals surface area contributed by atoms with Gasteiger partial charge in [-0.3, -0.25) is 4.79 Å². The van der Waals surface area contributed by atoms with Gasteiger partial charge in [-0.2, -0.15) is 0 Å². The fraction of sp³-hybridized carbons (Fsp3) is 0.261. The van der Waals surface area contributed by atoms with Crippen LogP contribution in [0.4, 0.5) is 5.69 Å². The number of nitrogens with zero attached hydrogens (tertiary/aromatic N) is 2. The molecule has 6 nitrogen and oxygen atoms in total. The Morgan fingerprint density at radius 3 is 2.45 bits per heavy atom. The van der Waals surface area contributed by atoms with Crippen LogP contribution in [0.25, 0.3) is 0 Å². The Labute approximate surface area is 186 Å². The van der Waals surface area contributed by atoms with Crippen molar-refractivity contribution in [3.05, 3.63) is 82.8 Å². The smallest absolute Gasteiger partial charge is 0.289 e. The molecule has 8 heteroatoms. The molecule has 0 bridgehead atoms. The normalized spacial score (nSPS) is 14.6. The number of carbonyl (C=O) groups is 1. The number of sulfone groups is 1. The highest BCUT2D eigenvalue weighted by molar-refractivity contribution is 7.90. The average Bonchev–Trinajstić information content (AvgIpc) is 3.21. The van der Waals surface area contributed by atoms with Gasteiger partial charge in [-0.15, -0.1) is 0 Å². The van der Waals surface area contributed by atoms with Crippen LogP contribution in [-0.4, -0.2) is 45.4 Å². The molecule has 2 heterocycles. The minimum Gasteiger partial charge on any atom is -0.455 e. The Kier molecular flexibility index (Phi) is 6.07. The Bertz CT molecular complexity index is 1200. The van der Waals surface area contributed by atoms with Crippen molar-refractivity contribution < 1.29 is 17.6 Å². The van der Waals surface area contributed by atoms with E-state index in [1.54, 1.807) is 48.2 Å². The molecule has 4 rings (SSSR count). The fourth-order valence-electron chi connectivity index (χ4n) is 3.74. The number of hydrogen-bond donors (Lipinski definition) is 0. The van der Waals surface area contributed by atoms with Crippen LogP contribution in [0.15, 0.2) is 70.0 Å². The third-order valence-electron chi connectivity index (χ3n) is 5.37. The highest BCUT2D eigenvalue weighted by Crippen LogP contribution is 2.23. The topological polar surface area (TPSA) is 70.8 Å². The second kappa shape index (κ2) is 8.77. The van der Waals surface area contributed by atoms with Crippen molar-refractivity contribution in [3.63, 3.8) is 0 Å². The zero-order valence-corrected chi connectivity index (χ0v) is 18.7. The number of aryl methyl sites for hydroxylation is 1. The summed E-state index contributed by atoms with van der Waals surface area (Å²) in [6, 6.07) is 17.6. The summed E-state index contributed by atoms with van der Waals surface area (Å²) >= 11 is 6.07. The number of halogens is 1. The second-order valence-corrected chi connectivity index (χ2v) is 9.94. The van der Waals surface area contributed by atoms with Gasteiger partial charge in [-0.1, -0.05) is 35.9 Å². The van der Waals surface area contributed by atoms with Crippen molar-refractivity contribution in [2.45, 2.75) is 17.6 Å². The maximum Gasteiger partial charge on any atom is 0.289 e. The molecular weight excluding hydrogens is 436 g/mol. The molecule has 0 aliphatic carbocycles. The summed E-state index contributed by atoms with van der Waals surface area (Å²) in [6.07, 6.45) is 0. The second-order valence-electron chi connectivity index (χ2n) is 7.55. The predicted molar refractivity (Wildman–Crippen MR) is 120 cm³/mol. The van der Waals surface area contributed by atoms with E-state index in [2.05, 4.69) is 4.90 Å². The molecule has 31 heavy (non-hydrogen) atoms. The lowest BCUT2D eigenvalue weighted by atomic mass is 10.2. The third kappa shape index (κ3) is 4.78. The van der Waals surface area contributed by atoms with E-state index in [9.17, 15) is 13.2 Å². The van der Waals surface area contributed by atoms with Crippen LogP contribution in [0.5, 0.6) is 0 Å². The number of piperazine rings is 1. The quantitative estimate of drug-likeness (QED) is 0.573. The van der Waals surface area contributed by atoms with Crippen molar-refractivity contribution >= 4 is 33.0 Å². The molecule has 1 saturated heterocycles. The number of anilines is 1. The van der Waals surface area contributed by atoms with E-state index in [-0.39, 0.29) is 28.1 Å². The molecule has 0 radical (unpaired) electrons. The average molecular weight is 459 g/mol. The Morgan fingerprint density at radius 2 is 1.74 bits per heavy atom. The molecule has 0 unspecified atom stereocenters. The molecule has 0 spiro atoms. The lowest BCUT2D eigenvalue weighted by molar-refractivity contribution is 0.0713. The van der Waals surface area contributed by atoms with Gasteiger partial charge in [-0.25, -0.2) is 8.42 Å². The molecule has 0 N–H and O–H groups in total. The standard InChI is InChI=1S/C23H23ClN2O4S/c1-17-5-2-3-8-22(17)31(28,29)16-20-9-10-21(30-20)23(27)26-13-11-25(12-14-26)19-7-4-6-18(24)15-19/h2-10,15H,11-14,16H2,1H3. The maximum atomic E-state index is 12.8. The molecular formula is C23H23ClN2O4S. The summed E-state index contributed by atoms with van der Waals surface area (Å²) in [4.78, 5) is 17.0. The van der Waals surface area contributed by atoms with E-state index in [1.807, 2.05) is 24.3 Å². The number of furan rings is 1. The lowest BCUT2D eigenvalue weighted by Gasteiger charge is -2.35. The minimum atomic E-state index is -3.56. The molecule has 1 fully saturated rings. The summed E-state index contributed by atoms with van der Waals surface area (Å²) in [5.41, 5.74) is 1.71. The van der Waals surface area contributed by atoms with Crippen molar-refractivity contribution in [2.24, 2.45) is 0 Å². The van der Waals surface area contributed by atoms with E-state index in [0.29, 0.717) is 36.8 Å². The van der Waals surface area contributed by atoms with Crippen LogP contribution in [0.2, 0.25) is 5.02 Å². The van der Waals surface area contributed by atoms with Crippen molar-refractivity contribution in [1.29, 1.82) is 0 Å². The molecule has 1 aliphatic rings. The van der Waals surface area contributed by atoms with Gasteiger partial charge < -0.3 is 14.2 Å². The molecule has 3 aromatic rings. The van der Waals surface area contributed by atoms with Crippen LogP contribution in [-0.2, 0) is 15.6 Å². The number of rotatable bonds is 5. The zero-order valence-electron chi connectivity index (χ0n) is 17.1. The van der Waals surface area contributed by atoms with Crippen molar-refractivity contribution in [1.82, 2.24) is 4.90 Å². The molecule has 162 valence electrons. The van der Waals surface area contributed by atoms with E-state index >= 15 is 0 Å². The van der Waals surface area contributed by atoms with Gasteiger partial charge in [-0.05, 0) is 48.9 Å². The first-order valence-corrected chi connectivity index (χ1v) is 12.0. The SMILES string of the molecule is Cc1ccccc1S(=O)(=O)Cc1ccc(C(=O)N2CCN(c3cccc(Cl)c3)CC2)o1. The van der Waals surface area contributed by atoms with E-state index < -0.39 is 9.84 Å². The molecule has 0 saturated carbocycles. The monoisotopic (exact) mass is 458 g/mol. The van der Waals surface area contributed by atoms with Crippen LogP contribution in [0, 0.1) is 6.92 Å². The highest BCUT2D eigenvalue weighted by atomic mass is 35.5. The third-order valence-corrected chi connectivity index (χ3v) is 7.40. The van der Waals surface area contributed by atoms with E-state index in [1.165, 1.54) is 0 Å². The van der Waals surface area contributed by atoms with Crippen LogP contribution in [0.1, 0.15) is 21.9 Å². The van der Waals surface area contributed by atoms with Crippen LogP contribution >= 0.6 is 11.6 Å². The first kappa shape index (κ1) is 21.5. The van der Waals surface area contributed by atoms with Gasteiger partial charge in [0.15, 0.2) is 15.6 Å². The van der Waals surface area contributed by atoms with Gasteiger partial charge >= 0.3 is 0 Å². The predicted octanol–water partition coefficient (Wildman–Crippen LogP) is 4.18. The van der Waals surface area contributed by atoms with E-state index in [4.69, 9.17) is 16.0 Å². The van der Waals surface area contributed by atoms with Gasteiger partial charge in [0.05, 0.1) is 4.90 Å². The van der Waals surface area contributed by atoms with Gasteiger partial charge in [0.25, 0.3) is 5.91 Å². The Balaban J connectivity index is 1.40. The first-order valence-electron chi connectivity index (χ1n) is 10.0. The number of carbonyl (C=O) groups excluding carboxylic acids is 1. The van der Waals surface area contributed by atoms with E-state index in [0.717, 1.165) is 5.69 Å². The summed E-state index contributed by atoms with van der Waals surface area (Å²) < 4.78 is 31.1. The summed E-state index contributed by atoms with van der Waals surface area (Å²) in [5, 5.41) is 0.680. The van der Waals surface area contributed by atoms with Crippen molar-refractivity contribution in [2.75, 3.05) is 31.1 Å². The zero-order chi connectivity index (χ0) is 22.0. The maximum absolute atomic E-state index is 12.8.